The smallest absolute Gasteiger partial charge is 0.256 e. The molecule has 12 nitrogen and oxygen atoms in total. The van der Waals surface area contributed by atoms with Gasteiger partial charge in [0, 0.05) is 24.3 Å². The van der Waals surface area contributed by atoms with E-state index < -0.39 is 41.3 Å². The predicted octanol–water partition coefficient (Wildman–Crippen LogP) is 6.89. The van der Waals surface area contributed by atoms with E-state index in [1.54, 1.807) is 44.6 Å². The van der Waals surface area contributed by atoms with Crippen LogP contribution in [0.2, 0.25) is 0 Å². The van der Waals surface area contributed by atoms with Crippen molar-refractivity contribution in [3.05, 3.63) is 144 Å². The van der Waals surface area contributed by atoms with Gasteiger partial charge >= 0.3 is 0 Å². The normalized spacial score (nSPS) is 21.1. The highest BCUT2D eigenvalue weighted by molar-refractivity contribution is 6.06. The third kappa shape index (κ3) is 6.72. The van der Waals surface area contributed by atoms with E-state index in [0.29, 0.717) is 17.1 Å². The molecular weight excluding hydrogens is 730 g/mol. The summed E-state index contributed by atoms with van der Waals surface area (Å²) in [7, 11) is 3.18. The number of hydrogen-bond acceptors (Lipinski definition) is 10. The number of fused-ring (bicyclic) bond motifs is 2. The number of nitrogens with one attached hydrogen (secondary N) is 1. The van der Waals surface area contributed by atoms with Gasteiger partial charge in [0.05, 0.1) is 33.1 Å². The molecule has 0 radical (unpaired) electrons. The van der Waals surface area contributed by atoms with E-state index >= 15 is 4.39 Å². The quantitative estimate of drug-likeness (QED) is 0.110. The Morgan fingerprint density at radius 2 is 1.40 bits per heavy atom. The number of nitrogens with zero attached hydrogens (tertiary/aromatic N) is 4. The largest absolute Gasteiger partial charge is 0.497 e. The first kappa shape index (κ1) is 37.6. The maximum atomic E-state index is 17.1. The fourth-order valence-corrected chi connectivity index (χ4v) is 8.07. The highest BCUT2D eigenvalue weighted by Crippen LogP contribution is 2.66. The van der Waals surface area contributed by atoms with Crippen molar-refractivity contribution in [2.45, 2.75) is 43.4 Å². The van der Waals surface area contributed by atoms with Gasteiger partial charge in [0.1, 0.15) is 40.6 Å². The first-order valence-corrected chi connectivity index (χ1v) is 18.6. The summed E-state index contributed by atoms with van der Waals surface area (Å²) in [6, 6.07) is 33.3. The molecule has 1 saturated heterocycles. The van der Waals surface area contributed by atoms with Crippen LogP contribution < -0.4 is 14.8 Å². The zero-order chi connectivity index (χ0) is 39.7. The van der Waals surface area contributed by atoms with Gasteiger partial charge in [-0.3, -0.25) is 14.2 Å². The molecule has 4 unspecified atom stereocenters. The topological polar surface area (TPSA) is 144 Å². The summed E-state index contributed by atoms with van der Waals surface area (Å²) >= 11 is 0. The van der Waals surface area contributed by atoms with Crippen LogP contribution in [0.15, 0.2) is 122 Å². The lowest BCUT2D eigenvalue weighted by Gasteiger charge is -2.37. The number of rotatable bonds is 15. The molecule has 0 spiro atoms. The van der Waals surface area contributed by atoms with Crippen LogP contribution in [0.4, 0.5) is 10.2 Å². The van der Waals surface area contributed by atoms with Crippen LogP contribution in [-0.2, 0) is 24.7 Å². The zero-order valence-corrected chi connectivity index (χ0v) is 31.5. The van der Waals surface area contributed by atoms with Crippen LogP contribution >= 0.6 is 0 Å². The summed E-state index contributed by atoms with van der Waals surface area (Å²) in [4.78, 5) is 51.9. The zero-order valence-electron chi connectivity index (χ0n) is 31.5. The van der Waals surface area contributed by atoms with E-state index in [0.717, 1.165) is 16.7 Å². The van der Waals surface area contributed by atoms with Gasteiger partial charge in [-0.2, -0.15) is 0 Å². The van der Waals surface area contributed by atoms with Crippen molar-refractivity contribution in [2.75, 3.05) is 26.1 Å². The van der Waals surface area contributed by atoms with Crippen LogP contribution in [0.25, 0.3) is 11.2 Å². The van der Waals surface area contributed by atoms with Gasteiger partial charge in [-0.25, -0.2) is 19.3 Å². The van der Waals surface area contributed by atoms with E-state index in [2.05, 4.69) is 20.3 Å². The summed E-state index contributed by atoms with van der Waals surface area (Å²) in [5.41, 5.74) is 0.482. The maximum Gasteiger partial charge on any atom is 0.256 e. The number of halogens is 1. The average molecular weight is 770 g/mol. The molecule has 13 heteroatoms. The molecule has 57 heavy (non-hydrogen) atoms. The monoisotopic (exact) mass is 769 g/mol. The van der Waals surface area contributed by atoms with E-state index in [1.165, 1.54) is 24.1 Å². The van der Waals surface area contributed by atoms with Crippen molar-refractivity contribution in [3.8, 4) is 11.5 Å². The van der Waals surface area contributed by atoms with Crippen LogP contribution in [0.3, 0.4) is 0 Å². The van der Waals surface area contributed by atoms with Crippen LogP contribution in [0.1, 0.15) is 53.0 Å². The number of hydrogen-bond donors (Lipinski definition) is 1. The van der Waals surface area contributed by atoms with Gasteiger partial charge in [-0.05, 0) is 60.0 Å². The number of carbonyl (C=O) groups excluding carboxylic acids is 3. The Labute approximate surface area is 328 Å². The molecule has 6 aromatic rings. The Morgan fingerprint density at radius 1 is 0.807 bits per heavy atom. The van der Waals surface area contributed by atoms with E-state index in [9.17, 15) is 14.4 Å². The number of ketones is 2. The number of benzene rings is 4. The number of anilines is 1. The number of carbonyl (C=O) groups is 3. The van der Waals surface area contributed by atoms with Gasteiger partial charge in [0.15, 0.2) is 29.4 Å². The molecule has 4 aromatic carbocycles. The van der Waals surface area contributed by atoms with Crippen molar-refractivity contribution < 1.29 is 37.7 Å². The standard InChI is InChI=1S/C44H40FN5O7/c1-27(51)14-23-34(52)35-36-37(45)42(50-26-48-38-39(46-25-47-40(38)50)49-41(53)28-10-6-4-7-11-28)57-43(35,36)24-56-44(29-12-8-5-9-13-29,30-15-19-32(54-2)20-16-30)31-17-21-33(55-3)22-18-31/h4-13,15-22,25-26,35-37,42H,14,23-24H2,1-3H3,(H,46,47,49,53)/t35?,36?,37?,42-,43?/m1/s1. The molecule has 2 aliphatic rings. The summed E-state index contributed by atoms with van der Waals surface area (Å²) in [5.74, 6) is -1.16. The van der Waals surface area contributed by atoms with Crippen molar-refractivity contribution in [3.63, 3.8) is 0 Å². The van der Waals surface area contributed by atoms with E-state index in [-0.39, 0.29) is 48.0 Å². The Balaban J connectivity index is 1.18. The molecule has 1 aliphatic heterocycles. The number of alkyl halides is 1. The lowest BCUT2D eigenvalue weighted by molar-refractivity contribution is -0.139. The molecule has 8 rings (SSSR count). The minimum atomic E-state index is -1.69. The van der Waals surface area contributed by atoms with Crippen molar-refractivity contribution in [2.24, 2.45) is 11.8 Å². The molecule has 1 N–H and O–H groups in total. The van der Waals surface area contributed by atoms with Gasteiger partial charge < -0.3 is 29.1 Å². The lowest BCUT2D eigenvalue weighted by Crippen LogP contribution is -2.38. The number of aromatic nitrogens is 4. The van der Waals surface area contributed by atoms with Crippen molar-refractivity contribution in [1.82, 2.24) is 19.5 Å². The fourth-order valence-electron chi connectivity index (χ4n) is 8.07. The molecule has 1 saturated carbocycles. The number of amides is 1. The summed E-state index contributed by atoms with van der Waals surface area (Å²) in [6.45, 7) is 1.23. The Kier molecular flexibility index (Phi) is 10.1. The molecular formula is C44H40FN5O7. The molecule has 290 valence electrons. The summed E-state index contributed by atoms with van der Waals surface area (Å²) < 4.78 is 43.4. The van der Waals surface area contributed by atoms with Gasteiger partial charge in [0.2, 0.25) is 0 Å². The number of Topliss-reactive ketones (excluding diaryl/α,β-unsaturated/α-hetero) is 2. The van der Waals surface area contributed by atoms with Crippen LogP contribution in [-0.4, -0.2) is 69.6 Å². The lowest BCUT2D eigenvalue weighted by atomic mass is 9.80. The van der Waals surface area contributed by atoms with Crippen molar-refractivity contribution >= 4 is 34.5 Å². The SMILES string of the molecule is COc1ccc(C(OCC23O[C@@H](n4cnc5c(NC(=O)c6ccccc6)ncnc54)C(F)C2C3C(=O)CCC(C)=O)(c2ccccc2)c2ccc(OC)cc2)cc1. The molecule has 5 atom stereocenters. The van der Waals surface area contributed by atoms with Gasteiger partial charge in [-0.15, -0.1) is 0 Å². The summed E-state index contributed by atoms with van der Waals surface area (Å²) in [5, 5.41) is 2.78. The Hall–Kier alpha value is -6.31. The highest BCUT2D eigenvalue weighted by Gasteiger charge is 2.79. The average Bonchev–Trinajstić information content (AvgIpc) is 3.52. The minimum absolute atomic E-state index is 0.0333. The van der Waals surface area contributed by atoms with Crippen LogP contribution in [0, 0.1) is 11.8 Å². The Morgan fingerprint density at radius 3 is 2.00 bits per heavy atom. The number of ether oxygens (including phenoxy) is 4. The third-order valence-electron chi connectivity index (χ3n) is 11.0. The van der Waals surface area contributed by atoms with Crippen LogP contribution in [0.5, 0.6) is 11.5 Å². The molecule has 0 bridgehead atoms. The van der Waals surface area contributed by atoms with Gasteiger partial charge in [0.25, 0.3) is 5.91 Å². The molecule has 2 fully saturated rings. The molecule has 1 amide bonds. The first-order valence-electron chi connectivity index (χ1n) is 18.6. The maximum absolute atomic E-state index is 17.1. The fraction of sp³-hybridized carbons (Fsp3) is 0.273. The first-order chi connectivity index (χ1) is 27.7. The second kappa shape index (κ2) is 15.3. The van der Waals surface area contributed by atoms with Crippen molar-refractivity contribution in [1.29, 1.82) is 0 Å². The molecule has 3 heterocycles. The van der Waals surface area contributed by atoms with E-state index in [4.69, 9.17) is 18.9 Å². The number of imidazole rings is 1. The van der Waals surface area contributed by atoms with E-state index in [1.807, 2.05) is 78.9 Å². The second-order valence-electron chi connectivity index (χ2n) is 14.2. The second-order valence-corrected chi connectivity index (χ2v) is 14.2. The predicted molar refractivity (Wildman–Crippen MR) is 208 cm³/mol. The minimum Gasteiger partial charge on any atom is -0.497 e. The third-order valence-corrected chi connectivity index (χ3v) is 11.0. The molecule has 1 aliphatic carbocycles. The number of methoxy groups -OCH3 is 2. The van der Waals surface area contributed by atoms with Gasteiger partial charge in [-0.1, -0.05) is 72.8 Å². The molecule has 2 aromatic heterocycles. The Bertz CT molecular complexity index is 2360. The highest BCUT2D eigenvalue weighted by atomic mass is 19.1. The summed E-state index contributed by atoms with van der Waals surface area (Å²) in [6.07, 6.45) is -0.306.